The molecule has 1 N–H and O–H groups in total. The number of hydrogen-bond donors (Lipinski definition) is 1. The Balaban J connectivity index is 2.11. The van der Waals surface area contributed by atoms with Crippen LogP contribution < -0.4 is 4.74 Å². The van der Waals surface area contributed by atoms with Crippen molar-refractivity contribution in [3.8, 4) is 11.5 Å². The molecular formula is C16H19NO3S. The van der Waals surface area contributed by atoms with Gasteiger partial charge in [0, 0.05) is 30.5 Å². The molecule has 112 valence electrons. The number of methoxy groups -OCH3 is 1. The summed E-state index contributed by atoms with van der Waals surface area (Å²) in [6.07, 6.45) is 0.802. The van der Waals surface area contributed by atoms with E-state index in [1.54, 1.807) is 35.4 Å². The molecule has 2 aromatic rings. The molecule has 2 rings (SSSR count). The van der Waals surface area contributed by atoms with Gasteiger partial charge in [-0.05, 0) is 30.5 Å². The first-order valence-corrected chi connectivity index (χ1v) is 7.57. The molecule has 0 fully saturated rings. The van der Waals surface area contributed by atoms with Crippen molar-refractivity contribution in [1.82, 2.24) is 4.90 Å². The van der Waals surface area contributed by atoms with Crippen LogP contribution in [0.2, 0.25) is 0 Å². The molecule has 0 aliphatic heterocycles. The van der Waals surface area contributed by atoms with Gasteiger partial charge in [0.1, 0.15) is 11.5 Å². The Bertz CT molecular complexity index is 610. The maximum atomic E-state index is 12.5. The zero-order chi connectivity index (χ0) is 15.4. The maximum absolute atomic E-state index is 12.5. The number of thiophene rings is 1. The number of phenols is 1. The monoisotopic (exact) mass is 305 g/mol. The van der Waals surface area contributed by atoms with E-state index in [0.29, 0.717) is 5.75 Å². The smallest absolute Gasteiger partial charge is 0.257 e. The topological polar surface area (TPSA) is 49.8 Å². The SMILES string of the molecule is COc1ccc(C(=O)N(C)C(C)Cc2cccs2)c(O)c1. The Morgan fingerprint density at radius 2 is 2.19 bits per heavy atom. The molecule has 21 heavy (non-hydrogen) atoms. The lowest BCUT2D eigenvalue weighted by atomic mass is 10.1. The highest BCUT2D eigenvalue weighted by molar-refractivity contribution is 7.09. The number of nitrogens with zero attached hydrogens (tertiary/aromatic N) is 1. The third-order valence-corrected chi connectivity index (χ3v) is 4.39. The lowest BCUT2D eigenvalue weighted by Gasteiger charge is -2.25. The van der Waals surface area contributed by atoms with Gasteiger partial charge >= 0.3 is 0 Å². The van der Waals surface area contributed by atoms with Crippen LogP contribution >= 0.6 is 11.3 Å². The molecule has 0 saturated carbocycles. The van der Waals surface area contributed by atoms with Gasteiger partial charge in [0.25, 0.3) is 5.91 Å². The molecule has 0 spiro atoms. The Labute approximate surface area is 128 Å². The Kier molecular flexibility index (Phi) is 4.85. The first kappa shape index (κ1) is 15.4. The number of aromatic hydroxyl groups is 1. The lowest BCUT2D eigenvalue weighted by molar-refractivity contribution is 0.0741. The summed E-state index contributed by atoms with van der Waals surface area (Å²) in [5.41, 5.74) is 0.288. The molecule has 0 radical (unpaired) electrons. The zero-order valence-corrected chi connectivity index (χ0v) is 13.2. The minimum atomic E-state index is -0.195. The van der Waals surface area contributed by atoms with Gasteiger partial charge in [-0.15, -0.1) is 11.3 Å². The molecule has 5 heteroatoms. The number of phenolic OH excluding ortho intramolecular Hbond substituents is 1. The molecule has 1 amide bonds. The molecule has 1 aromatic carbocycles. The third kappa shape index (κ3) is 3.55. The predicted molar refractivity (Wildman–Crippen MR) is 84.2 cm³/mol. The summed E-state index contributed by atoms with van der Waals surface area (Å²) in [6.45, 7) is 2.00. The van der Waals surface area contributed by atoms with Crippen LogP contribution in [0, 0.1) is 0 Å². The molecule has 0 bridgehead atoms. The van der Waals surface area contributed by atoms with Gasteiger partial charge in [0.2, 0.25) is 0 Å². The fourth-order valence-corrected chi connectivity index (χ4v) is 2.89. The van der Waals surface area contributed by atoms with E-state index in [1.807, 2.05) is 18.4 Å². The van der Waals surface area contributed by atoms with Gasteiger partial charge in [-0.1, -0.05) is 6.07 Å². The van der Waals surface area contributed by atoms with Crippen molar-refractivity contribution in [1.29, 1.82) is 0 Å². The van der Waals surface area contributed by atoms with E-state index in [-0.39, 0.29) is 23.3 Å². The quantitative estimate of drug-likeness (QED) is 0.923. The van der Waals surface area contributed by atoms with Gasteiger partial charge < -0.3 is 14.7 Å². The summed E-state index contributed by atoms with van der Waals surface area (Å²) in [4.78, 5) is 15.4. The first-order valence-electron chi connectivity index (χ1n) is 6.69. The van der Waals surface area contributed by atoms with E-state index in [1.165, 1.54) is 18.1 Å². The highest BCUT2D eigenvalue weighted by Crippen LogP contribution is 2.25. The van der Waals surface area contributed by atoms with Gasteiger partial charge in [0.05, 0.1) is 12.7 Å². The van der Waals surface area contributed by atoms with E-state index < -0.39 is 0 Å². The van der Waals surface area contributed by atoms with Crippen molar-refractivity contribution < 1.29 is 14.6 Å². The van der Waals surface area contributed by atoms with E-state index >= 15 is 0 Å². The average molecular weight is 305 g/mol. The number of carbonyl (C=O) groups is 1. The van der Waals surface area contributed by atoms with Crippen LogP contribution in [-0.2, 0) is 6.42 Å². The second-order valence-electron chi connectivity index (χ2n) is 4.93. The molecule has 1 unspecified atom stereocenters. The van der Waals surface area contributed by atoms with Gasteiger partial charge in [-0.2, -0.15) is 0 Å². The molecular weight excluding hydrogens is 286 g/mol. The fraction of sp³-hybridized carbons (Fsp3) is 0.312. The second-order valence-corrected chi connectivity index (χ2v) is 5.96. The first-order chi connectivity index (χ1) is 10.0. The van der Waals surface area contributed by atoms with Crippen molar-refractivity contribution in [3.05, 3.63) is 46.2 Å². The van der Waals surface area contributed by atoms with Crippen LogP contribution in [0.15, 0.2) is 35.7 Å². The van der Waals surface area contributed by atoms with Gasteiger partial charge in [-0.3, -0.25) is 4.79 Å². The van der Waals surface area contributed by atoms with Crippen molar-refractivity contribution in [2.24, 2.45) is 0 Å². The zero-order valence-electron chi connectivity index (χ0n) is 12.4. The normalized spacial score (nSPS) is 12.0. The van der Waals surface area contributed by atoms with Crippen LogP contribution in [0.25, 0.3) is 0 Å². The van der Waals surface area contributed by atoms with Crippen molar-refractivity contribution >= 4 is 17.2 Å². The van der Waals surface area contributed by atoms with Crippen molar-refractivity contribution in [2.75, 3.05) is 14.2 Å². The fourth-order valence-electron chi connectivity index (χ4n) is 2.07. The summed E-state index contributed by atoms with van der Waals surface area (Å²) >= 11 is 1.68. The van der Waals surface area contributed by atoms with Crippen molar-refractivity contribution in [2.45, 2.75) is 19.4 Å². The number of likely N-dealkylation sites (N-methyl/N-ethyl adjacent to an activating group) is 1. The summed E-state index contributed by atoms with van der Waals surface area (Å²) in [5.74, 6) is 0.270. The predicted octanol–water partition coefficient (Wildman–Crippen LogP) is 3.17. The van der Waals surface area contributed by atoms with Crippen LogP contribution in [0.4, 0.5) is 0 Å². The number of ether oxygens (including phenoxy) is 1. The Morgan fingerprint density at radius 3 is 2.76 bits per heavy atom. The molecule has 1 heterocycles. The Hall–Kier alpha value is -2.01. The third-order valence-electron chi connectivity index (χ3n) is 3.49. The Morgan fingerprint density at radius 1 is 1.43 bits per heavy atom. The number of rotatable bonds is 5. The van der Waals surface area contributed by atoms with E-state index in [0.717, 1.165) is 6.42 Å². The largest absolute Gasteiger partial charge is 0.507 e. The number of benzene rings is 1. The highest BCUT2D eigenvalue weighted by Gasteiger charge is 2.21. The van der Waals surface area contributed by atoms with Crippen LogP contribution in [0.1, 0.15) is 22.2 Å². The molecule has 0 saturated heterocycles. The van der Waals surface area contributed by atoms with Crippen molar-refractivity contribution in [3.63, 3.8) is 0 Å². The minimum Gasteiger partial charge on any atom is -0.507 e. The maximum Gasteiger partial charge on any atom is 0.257 e. The minimum absolute atomic E-state index is 0.0534. The summed E-state index contributed by atoms with van der Waals surface area (Å²) in [7, 11) is 3.27. The average Bonchev–Trinajstić information content (AvgIpc) is 2.98. The standard InChI is InChI=1S/C16H19NO3S/c1-11(9-13-5-4-8-21-13)17(2)16(19)14-7-6-12(20-3)10-15(14)18/h4-8,10-11,18H,9H2,1-3H3. The van der Waals surface area contributed by atoms with E-state index in [4.69, 9.17) is 4.74 Å². The summed E-state index contributed by atoms with van der Waals surface area (Å²) in [6, 6.07) is 8.83. The van der Waals surface area contributed by atoms with Gasteiger partial charge in [-0.25, -0.2) is 0 Å². The molecule has 1 atom stereocenters. The van der Waals surface area contributed by atoms with Crippen LogP contribution in [0.5, 0.6) is 11.5 Å². The molecule has 4 nitrogen and oxygen atoms in total. The van der Waals surface area contributed by atoms with E-state index in [9.17, 15) is 9.90 Å². The molecule has 0 aliphatic carbocycles. The number of carbonyl (C=O) groups excluding carboxylic acids is 1. The molecule has 1 aromatic heterocycles. The molecule has 0 aliphatic rings. The second kappa shape index (κ2) is 6.63. The lowest BCUT2D eigenvalue weighted by Crippen LogP contribution is -2.36. The number of amides is 1. The van der Waals surface area contributed by atoms with Crippen LogP contribution in [0.3, 0.4) is 0 Å². The van der Waals surface area contributed by atoms with Crippen LogP contribution in [-0.4, -0.2) is 36.1 Å². The van der Waals surface area contributed by atoms with Gasteiger partial charge in [0.15, 0.2) is 0 Å². The summed E-state index contributed by atoms with van der Waals surface area (Å²) < 4.78 is 5.02. The van der Waals surface area contributed by atoms with E-state index in [2.05, 4.69) is 6.07 Å². The highest BCUT2D eigenvalue weighted by atomic mass is 32.1. The number of hydrogen-bond acceptors (Lipinski definition) is 4. The summed E-state index contributed by atoms with van der Waals surface area (Å²) in [5, 5.41) is 12.0.